The minimum atomic E-state index is -3.78. The molecule has 1 heterocycles. The molecule has 3 rings (SSSR count). The molecule has 1 aliphatic rings. The molecule has 160 valence electrons. The average Bonchev–Trinajstić information content (AvgIpc) is 2.74. The van der Waals surface area contributed by atoms with Gasteiger partial charge in [-0.2, -0.15) is 4.31 Å². The van der Waals surface area contributed by atoms with E-state index < -0.39 is 33.7 Å². The second-order valence-electron chi connectivity index (χ2n) is 6.91. The van der Waals surface area contributed by atoms with Crippen molar-refractivity contribution in [1.29, 1.82) is 0 Å². The number of esters is 1. The zero-order valence-corrected chi connectivity index (χ0v) is 17.4. The van der Waals surface area contributed by atoms with Crippen molar-refractivity contribution in [1.82, 2.24) is 4.31 Å². The average molecular weight is 435 g/mol. The van der Waals surface area contributed by atoms with Gasteiger partial charge >= 0.3 is 5.97 Å². The van der Waals surface area contributed by atoms with Crippen LogP contribution >= 0.6 is 0 Å². The molecule has 0 saturated carbocycles. The van der Waals surface area contributed by atoms with Gasteiger partial charge in [0, 0.05) is 18.7 Å². The number of aryl methyl sites for hydroxylation is 1. The molecular formula is C21H22FNO6S. The Kier molecular flexibility index (Phi) is 6.64. The lowest BCUT2D eigenvalue weighted by atomic mass is 10.1. The maximum Gasteiger partial charge on any atom is 0.339 e. The number of ketones is 1. The summed E-state index contributed by atoms with van der Waals surface area (Å²) in [5, 5.41) is 0. The number of carbonyl (C=O) groups is 2. The SMILES string of the molecule is Cc1ccc(S(=O)(=O)N2CCOCC2)cc1C(=O)OC(C)C(=O)c1ccc(F)cc1. The lowest BCUT2D eigenvalue weighted by molar-refractivity contribution is 0.0317. The summed E-state index contributed by atoms with van der Waals surface area (Å²) in [6.07, 6.45) is -1.12. The molecule has 2 aromatic carbocycles. The minimum absolute atomic E-state index is 0.0283. The summed E-state index contributed by atoms with van der Waals surface area (Å²) in [4.78, 5) is 25.1. The molecule has 0 bridgehead atoms. The molecule has 1 saturated heterocycles. The van der Waals surface area contributed by atoms with Crippen LogP contribution in [0.3, 0.4) is 0 Å². The van der Waals surface area contributed by atoms with E-state index in [4.69, 9.17) is 9.47 Å². The molecule has 1 unspecified atom stereocenters. The number of hydrogen-bond donors (Lipinski definition) is 0. The highest BCUT2D eigenvalue weighted by Gasteiger charge is 2.28. The zero-order chi connectivity index (χ0) is 21.9. The lowest BCUT2D eigenvalue weighted by Crippen LogP contribution is -2.40. The maximum atomic E-state index is 13.0. The Morgan fingerprint density at radius 1 is 1.10 bits per heavy atom. The first-order valence-corrected chi connectivity index (χ1v) is 10.8. The first-order chi connectivity index (χ1) is 14.2. The number of rotatable bonds is 6. The summed E-state index contributed by atoms with van der Waals surface area (Å²) < 4.78 is 50.5. The predicted octanol–water partition coefficient (Wildman–Crippen LogP) is 2.58. The van der Waals surface area contributed by atoms with E-state index in [1.807, 2.05) is 0 Å². The fourth-order valence-electron chi connectivity index (χ4n) is 3.04. The number of carbonyl (C=O) groups excluding carboxylic acids is 2. The topological polar surface area (TPSA) is 90.0 Å². The van der Waals surface area contributed by atoms with E-state index in [-0.39, 0.29) is 29.1 Å². The highest BCUT2D eigenvalue weighted by atomic mass is 32.2. The fraction of sp³-hybridized carbons (Fsp3) is 0.333. The van der Waals surface area contributed by atoms with Gasteiger partial charge in [-0.1, -0.05) is 6.07 Å². The quantitative estimate of drug-likeness (QED) is 0.512. The number of nitrogens with zero attached hydrogens (tertiary/aromatic N) is 1. The van der Waals surface area contributed by atoms with Crippen molar-refractivity contribution in [2.45, 2.75) is 24.8 Å². The van der Waals surface area contributed by atoms with Gasteiger partial charge in [-0.3, -0.25) is 4.79 Å². The van der Waals surface area contributed by atoms with Crippen LogP contribution in [-0.2, 0) is 19.5 Å². The van der Waals surface area contributed by atoms with Crippen molar-refractivity contribution in [2.75, 3.05) is 26.3 Å². The van der Waals surface area contributed by atoms with Gasteiger partial charge in [0.05, 0.1) is 23.7 Å². The first-order valence-electron chi connectivity index (χ1n) is 9.39. The Labute approximate surface area is 174 Å². The third-order valence-electron chi connectivity index (χ3n) is 4.82. The summed E-state index contributed by atoms with van der Waals surface area (Å²) in [6.45, 7) is 4.14. The molecule has 1 fully saturated rings. The van der Waals surface area contributed by atoms with Gasteiger partial charge in [0.25, 0.3) is 0 Å². The van der Waals surface area contributed by atoms with E-state index >= 15 is 0 Å². The summed E-state index contributed by atoms with van der Waals surface area (Å²) in [6, 6.07) is 9.13. The van der Waals surface area contributed by atoms with E-state index in [1.165, 1.54) is 41.6 Å². The molecule has 7 nitrogen and oxygen atoms in total. The largest absolute Gasteiger partial charge is 0.451 e. The molecule has 0 aliphatic carbocycles. The Morgan fingerprint density at radius 2 is 1.73 bits per heavy atom. The molecule has 1 aliphatic heterocycles. The molecule has 1 atom stereocenters. The number of hydrogen-bond acceptors (Lipinski definition) is 6. The van der Waals surface area contributed by atoms with Crippen LogP contribution in [0.2, 0.25) is 0 Å². The van der Waals surface area contributed by atoms with Crippen LogP contribution in [0.1, 0.15) is 33.2 Å². The highest BCUT2D eigenvalue weighted by Crippen LogP contribution is 2.22. The number of morpholine rings is 1. The van der Waals surface area contributed by atoms with Crippen LogP contribution < -0.4 is 0 Å². The summed E-state index contributed by atoms with van der Waals surface area (Å²) in [7, 11) is -3.78. The molecule has 2 aromatic rings. The van der Waals surface area contributed by atoms with Crippen molar-refractivity contribution in [2.24, 2.45) is 0 Å². The van der Waals surface area contributed by atoms with Crippen molar-refractivity contribution < 1.29 is 31.9 Å². The second kappa shape index (κ2) is 9.03. The summed E-state index contributed by atoms with van der Waals surface area (Å²) in [5.41, 5.74) is 0.780. The third-order valence-corrected chi connectivity index (χ3v) is 6.71. The molecule has 0 spiro atoms. The maximum absolute atomic E-state index is 13.0. The van der Waals surface area contributed by atoms with Crippen molar-refractivity contribution in [3.8, 4) is 0 Å². The first kappa shape index (κ1) is 22.1. The second-order valence-corrected chi connectivity index (χ2v) is 8.85. The van der Waals surface area contributed by atoms with Crippen LogP contribution in [0, 0.1) is 12.7 Å². The van der Waals surface area contributed by atoms with Gasteiger partial charge in [-0.15, -0.1) is 0 Å². The molecule has 0 amide bonds. The van der Waals surface area contributed by atoms with E-state index in [0.29, 0.717) is 18.8 Å². The van der Waals surface area contributed by atoms with Gasteiger partial charge in [0.1, 0.15) is 5.82 Å². The molecule has 0 radical (unpaired) electrons. The number of halogens is 1. The van der Waals surface area contributed by atoms with Crippen LogP contribution in [0.15, 0.2) is 47.4 Å². The molecule has 30 heavy (non-hydrogen) atoms. The van der Waals surface area contributed by atoms with E-state index in [2.05, 4.69) is 0 Å². The van der Waals surface area contributed by atoms with Gasteiger partial charge in [-0.05, 0) is 55.8 Å². The minimum Gasteiger partial charge on any atom is -0.451 e. The standard InChI is InChI=1S/C21H22FNO6S/c1-14-3-8-18(30(26,27)23-9-11-28-12-10-23)13-19(14)21(25)29-15(2)20(24)16-4-6-17(22)7-5-16/h3-8,13,15H,9-12H2,1-2H3. The van der Waals surface area contributed by atoms with E-state index in [0.717, 1.165) is 12.1 Å². The summed E-state index contributed by atoms with van der Waals surface area (Å²) >= 11 is 0. The Morgan fingerprint density at radius 3 is 2.37 bits per heavy atom. The van der Waals surface area contributed by atoms with E-state index in [1.54, 1.807) is 6.92 Å². The number of benzene rings is 2. The third kappa shape index (κ3) is 4.75. The van der Waals surface area contributed by atoms with Crippen molar-refractivity contribution in [3.05, 3.63) is 65.0 Å². The van der Waals surface area contributed by atoms with Crippen molar-refractivity contribution in [3.63, 3.8) is 0 Å². The molecule has 0 aromatic heterocycles. The monoisotopic (exact) mass is 435 g/mol. The molecular weight excluding hydrogens is 413 g/mol. The Bertz CT molecular complexity index is 1050. The van der Waals surface area contributed by atoms with Gasteiger partial charge in [0.2, 0.25) is 15.8 Å². The van der Waals surface area contributed by atoms with Crippen LogP contribution in [-0.4, -0.2) is 56.9 Å². The normalized spacial score (nSPS) is 16.1. The van der Waals surface area contributed by atoms with E-state index in [9.17, 15) is 22.4 Å². The van der Waals surface area contributed by atoms with Crippen LogP contribution in [0.5, 0.6) is 0 Å². The summed E-state index contributed by atoms with van der Waals surface area (Å²) in [5.74, 6) is -1.78. The van der Waals surface area contributed by atoms with Crippen molar-refractivity contribution >= 4 is 21.8 Å². The lowest BCUT2D eigenvalue weighted by Gasteiger charge is -2.26. The smallest absolute Gasteiger partial charge is 0.339 e. The van der Waals surface area contributed by atoms with Crippen LogP contribution in [0.4, 0.5) is 4.39 Å². The Balaban J connectivity index is 1.79. The number of sulfonamides is 1. The van der Waals surface area contributed by atoms with Crippen LogP contribution in [0.25, 0.3) is 0 Å². The Hall–Kier alpha value is -2.62. The number of Topliss-reactive ketones (excluding diaryl/α,β-unsaturated/α-hetero) is 1. The van der Waals surface area contributed by atoms with Gasteiger partial charge in [0.15, 0.2) is 6.10 Å². The van der Waals surface area contributed by atoms with Gasteiger partial charge in [-0.25, -0.2) is 17.6 Å². The highest BCUT2D eigenvalue weighted by molar-refractivity contribution is 7.89. The predicted molar refractivity (Wildman–Crippen MR) is 106 cm³/mol. The molecule has 9 heteroatoms. The number of ether oxygens (including phenoxy) is 2. The van der Waals surface area contributed by atoms with Gasteiger partial charge < -0.3 is 9.47 Å². The molecule has 0 N–H and O–H groups in total. The fourth-order valence-corrected chi connectivity index (χ4v) is 4.48. The zero-order valence-electron chi connectivity index (χ0n) is 16.6.